The number of hydrogen-bond acceptors (Lipinski definition) is 10. The Hall–Kier alpha value is -4.17. The number of Topliss-reactive ketones (excluding diaryl/α,β-unsaturated/α-hetero) is 3. The maximum absolute atomic E-state index is 14.2. The molecule has 1 aliphatic rings. The molecule has 5 atom stereocenters. The summed E-state index contributed by atoms with van der Waals surface area (Å²) in [6.07, 6.45) is -1.61. The third kappa shape index (κ3) is 15.8. The number of hydrogen-bond donors (Lipinski definition) is 3. The van der Waals surface area contributed by atoms with E-state index in [9.17, 15) is 33.6 Å². The zero-order chi connectivity index (χ0) is 40.3. The number of nitrogens with one attached hydrogen (secondary N) is 2. The Morgan fingerprint density at radius 3 is 2.02 bits per heavy atom. The molecule has 14 nitrogen and oxygen atoms in total. The summed E-state index contributed by atoms with van der Waals surface area (Å²) in [6, 6.07) is 5.06. The van der Waals surface area contributed by atoms with Gasteiger partial charge in [-0.3, -0.25) is 28.8 Å². The van der Waals surface area contributed by atoms with Crippen molar-refractivity contribution in [3.63, 3.8) is 0 Å². The molecule has 0 spiro atoms. The first-order valence-electron chi connectivity index (χ1n) is 18.3. The first-order valence-corrected chi connectivity index (χ1v) is 18.3. The van der Waals surface area contributed by atoms with Gasteiger partial charge in [0.25, 0.3) is 0 Å². The SMILES string of the molecule is CCCC(CC(=O)[C@@H]1C[C@@H](OC(C)(C)C)CN1C(=O)[C@H](COC(C)(C)C)NC(=O)OC(C)(C)C)C(=O)C(=O)CCC(=O)N[C@H](C(N)=O)c1ccccc1. The van der Waals surface area contributed by atoms with Crippen molar-refractivity contribution in [3.8, 4) is 0 Å². The molecule has 4 amide bonds. The van der Waals surface area contributed by atoms with Crippen molar-refractivity contribution in [2.75, 3.05) is 13.2 Å². The van der Waals surface area contributed by atoms with Crippen LogP contribution in [0.1, 0.15) is 119 Å². The fraction of sp³-hybridized carbons (Fsp3) is 0.667. The summed E-state index contributed by atoms with van der Waals surface area (Å²) in [5, 5.41) is 5.12. The van der Waals surface area contributed by atoms with Gasteiger partial charge in [0, 0.05) is 38.1 Å². The number of primary amides is 1. The number of ketones is 3. The average molecular weight is 745 g/mol. The molecule has 1 aromatic carbocycles. The van der Waals surface area contributed by atoms with Gasteiger partial charge >= 0.3 is 6.09 Å². The highest BCUT2D eigenvalue weighted by atomic mass is 16.6. The third-order valence-corrected chi connectivity index (χ3v) is 8.14. The second-order valence-corrected chi connectivity index (χ2v) is 16.5. The maximum Gasteiger partial charge on any atom is 0.408 e. The Labute approximate surface area is 313 Å². The minimum Gasteiger partial charge on any atom is -0.444 e. The highest BCUT2D eigenvalue weighted by molar-refractivity contribution is 6.38. The molecule has 1 fully saturated rings. The van der Waals surface area contributed by atoms with Gasteiger partial charge in [0.05, 0.1) is 30.0 Å². The normalized spacial score (nSPS) is 18.0. The molecule has 0 aromatic heterocycles. The van der Waals surface area contributed by atoms with E-state index in [1.54, 1.807) is 71.9 Å². The fourth-order valence-electron chi connectivity index (χ4n) is 5.92. The van der Waals surface area contributed by atoms with Crippen LogP contribution in [0, 0.1) is 5.92 Å². The van der Waals surface area contributed by atoms with Crippen LogP contribution in [0.25, 0.3) is 0 Å². The van der Waals surface area contributed by atoms with E-state index >= 15 is 0 Å². The molecule has 1 heterocycles. The monoisotopic (exact) mass is 744 g/mol. The van der Waals surface area contributed by atoms with Crippen molar-refractivity contribution < 1.29 is 47.8 Å². The average Bonchev–Trinajstić information content (AvgIpc) is 3.44. The molecule has 53 heavy (non-hydrogen) atoms. The van der Waals surface area contributed by atoms with E-state index in [2.05, 4.69) is 10.6 Å². The number of rotatable bonds is 18. The predicted molar refractivity (Wildman–Crippen MR) is 197 cm³/mol. The van der Waals surface area contributed by atoms with E-state index in [1.807, 2.05) is 27.7 Å². The van der Waals surface area contributed by atoms with Crippen LogP contribution in [0.4, 0.5) is 4.79 Å². The number of nitrogens with zero attached hydrogens (tertiary/aromatic N) is 1. The van der Waals surface area contributed by atoms with E-state index in [-0.39, 0.29) is 38.8 Å². The molecule has 0 aliphatic carbocycles. The highest BCUT2D eigenvalue weighted by Gasteiger charge is 2.45. The quantitative estimate of drug-likeness (QED) is 0.184. The largest absolute Gasteiger partial charge is 0.444 e. The number of benzene rings is 1. The van der Waals surface area contributed by atoms with E-state index in [1.165, 1.54) is 4.90 Å². The van der Waals surface area contributed by atoms with Crippen molar-refractivity contribution in [1.82, 2.24) is 15.5 Å². The van der Waals surface area contributed by atoms with Crippen LogP contribution >= 0.6 is 0 Å². The Morgan fingerprint density at radius 1 is 0.868 bits per heavy atom. The zero-order valence-electron chi connectivity index (χ0n) is 33.0. The van der Waals surface area contributed by atoms with Gasteiger partial charge in [-0.05, 0) is 74.3 Å². The first kappa shape index (κ1) is 45.0. The molecule has 0 radical (unpaired) electrons. The summed E-state index contributed by atoms with van der Waals surface area (Å²) in [5.41, 5.74) is 3.87. The van der Waals surface area contributed by atoms with E-state index in [4.69, 9.17) is 19.9 Å². The molecule has 1 aliphatic heterocycles. The number of ether oxygens (including phenoxy) is 3. The zero-order valence-corrected chi connectivity index (χ0v) is 33.0. The molecule has 2 rings (SSSR count). The lowest BCUT2D eigenvalue weighted by atomic mass is 9.87. The summed E-state index contributed by atoms with van der Waals surface area (Å²) < 4.78 is 17.5. The summed E-state index contributed by atoms with van der Waals surface area (Å²) in [4.78, 5) is 93.7. The van der Waals surface area contributed by atoms with Crippen LogP contribution in [0.3, 0.4) is 0 Å². The summed E-state index contributed by atoms with van der Waals surface area (Å²) in [6.45, 7) is 17.7. The lowest BCUT2D eigenvalue weighted by Gasteiger charge is -2.31. The second-order valence-electron chi connectivity index (χ2n) is 16.5. The van der Waals surface area contributed by atoms with Crippen molar-refractivity contribution in [3.05, 3.63) is 35.9 Å². The van der Waals surface area contributed by atoms with Crippen LogP contribution in [0.15, 0.2) is 30.3 Å². The summed E-state index contributed by atoms with van der Waals surface area (Å²) >= 11 is 0. The van der Waals surface area contributed by atoms with Crippen LogP contribution < -0.4 is 16.4 Å². The molecule has 1 saturated heterocycles. The molecular formula is C39H60N4O10. The molecule has 296 valence electrons. The topological polar surface area (TPSA) is 200 Å². The third-order valence-electron chi connectivity index (χ3n) is 8.14. The van der Waals surface area contributed by atoms with Crippen molar-refractivity contribution in [2.24, 2.45) is 11.7 Å². The van der Waals surface area contributed by atoms with Crippen LogP contribution in [0.5, 0.6) is 0 Å². The minimum absolute atomic E-state index is 0.0459. The Balaban J connectivity index is 2.25. The lowest BCUT2D eigenvalue weighted by Crippen LogP contribution is -2.55. The Kier molecular flexibility index (Phi) is 16.3. The van der Waals surface area contributed by atoms with Gasteiger partial charge in [-0.2, -0.15) is 0 Å². The van der Waals surface area contributed by atoms with E-state index < -0.39 is 94.5 Å². The number of likely N-dealkylation sites (tertiary alicyclic amines) is 1. The molecule has 0 saturated carbocycles. The predicted octanol–water partition coefficient (Wildman–Crippen LogP) is 4.12. The summed E-state index contributed by atoms with van der Waals surface area (Å²) in [5.74, 6) is -5.03. The number of alkyl carbamates (subject to hydrolysis) is 1. The van der Waals surface area contributed by atoms with Crippen LogP contribution in [-0.2, 0) is 43.0 Å². The van der Waals surface area contributed by atoms with Gasteiger partial charge in [-0.1, -0.05) is 43.7 Å². The molecule has 0 bridgehead atoms. The minimum atomic E-state index is -1.20. The van der Waals surface area contributed by atoms with Gasteiger partial charge in [0.1, 0.15) is 17.7 Å². The molecular weight excluding hydrogens is 684 g/mol. The molecule has 4 N–H and O–H groups in total. The standard InChI is InChI=1S/C39H60N4O10/c1-11-15-25(33(47)29(44)18-19-31(46)42-32(34(40)48)24-16-13-12-14-17-24)20-30(45)28-21-26(52-38(5,6)7)22-43(28)35(49)27(23-51-37(2,3)4)41-36(50)53-39(8,9)10/h12-14,16-17,25-28,32H,11,15,18-23H2,1-10H3,(H2,40,48)(H,41,50)(H,42,46)/t25?,26-,27+,28+,32+/m1/s1. The molecule has 1 unspecified atom stereocenters. The first-order chi connectivity index (χ1) is 24.4. The van der Waals surface area contributed by atoms with Gasteiger partial charge < -0.3 is 35.5 Å². The van der Waals surface area contributed by atoms with Gasteiger partial charge in [0.2, 0.25) is 23.5 Å². The van der Waals surface area contributed by atoms with Crippen molar-refractivity contribution in [1.29, 1.82) is 0 Å². The second kappa shape index (κ2) is 19.2. The number of nitrogens with two attached hydrogens (primary N) is 1. The van der Waals surface area contributed by atoms with Gasteiger partial charge in [-0.15, -0.1) is 0 Å². The number of carbonyl (C=O) groups excluding carboxylic acids is 7. The van der Waals surface area contributed by atoms with Gasteiger partial charge in [-0.25, -0.2) is 4.79 Å². The molecule has 1 aromatic rings. The smallest absolute Gasteiger partial charge is 0.408 e. The highest BCUT2D eigenvalue weighted by Crippen LogP contribution is 2.29. The number of carbonyl (C=O) groups is 7. The van der Waals surface area contributed by atoms with Gasteiger partial charge in [0.15, 0.2) is 11.6 Å². The van der Waals surface area contributed by atoms with E-state index in [0.29, 0.717) is 12.0 Å². The van der Waals surface area contributed by atoms with Crippen LogP contribution in [-0.4, -0.2) is 94.2 Å². The maximum atomic E-state index is 14.2. The molecule has 14 heteroatoms. The van der Waals surface area contributed by atoms with E-state index in [0.717, 1.165) is 0 Å². The Bertz CT molecular complexity index is 1460. The van der Waals surface area contributed by atoms with Crippen LogP contribution in [0.2, 0.25) is 0 Å². The van der Waals surface area contributed by atoms with Crippen molar-refractivity contribution >= 4 is 41.2 Å². The summed E-state index contributed by atoms with van der Waals surface area (Å²) in [7, 11) is 0. The number of amides is 4. The lowest BCUT2D eigenvalue weighted by molar-refractivity contribution is -0.144. The van der Waals surface area contributed by atoms with Crippen molar-refractivity contribution in [2.45, 2.75) is 149 Å². The Morgan fingerprint density at radius 2 is 1.49 bits per heavy atom. The fourth-order valence-corrected chi connectivity index (χ4v) is 5.92.